The van der Waals surface area contributed by atoms with Crippen LogP contribution in [0.15, 0.2) is 59.3 Å². The molecule has 0 bridgehead atoms. The van der Waals surface area contributed by atoms with Crippen LogP contribution in [0.25, 0.3) is 16.7 Å². The van der Waals surface area contributed by atoms with E-state index < -0.39 is 0 Å². The van der Waals surface area contributed by atoms with E-state index in [4.69, 9.17) is 24.2 Å². The maximum Gasteiger partial charge on any atom is 0.289 e. The zero-order valence-electron chi connectivity index (χ0n) is 19.5. The van der Waals surface area contributed by atoms with E-state index in [0.29, 0.717) is 25.4 Å². The second-order valence-electron chi connectivity index (χ2n) is 9.03. The smallest absolute Gasteiger partial charge is 0.289 e. The summed E-state index contributed by atoms with van der Waals surface area (Å²) in [5, 5.41) is 5.62. The SMILES string of the molecule is O=C(c1ccco1)N1CCCN(c2nc(C3CCOCC3)nc3c2cnn3-c2ccccc2)CC1. The third-order valence-electron chi connectivity index (χ3n) is 6.83. The predicted octanol–water partition coefficient (Wildman–Crippen LogP) is 3.66. The molecule has 180 valence electrons. The summed E-state index contributed by atoms with van der Waals surface area (Å²) in [4.78, 5) is 27.1. The molecule has 0 aliphatic carbocycles. The molecule has 35 heavy (non-hydrogen) atoms. The molecule has 1 aromatic carbocycles. The highest BCUT2D eigenvalue weighted by Crippen LogP contribution is 2.31. The van der Waals surface area contributed by atoms with Gasteiger partial charge in [-0.2, -0.15) is 5.10 Å². The van der Waals surface area contributed by atoms with Gasteiger partial charge in [0.25, 0.3) is 5.91 Å². The molecule has 9 heteroatoms. The van der Waals surface area contributed by atoms with Crippen molar-refractivity contribution in [2.75, 3.05) is 44.3 Å². The molecule has 1 amide bonds. The molecule has 2 fully saturated rings. The fourth-order valence-corrected chi connectivity index (χ4v) is 4.94. The van der Waals surface area contributed by atoms with Crippen LogP contribution in [0.5, 0.6) is 0 Å². The molecule has 0 unspecified atom stereocenters. The normalized spacial score (nSPS) is 17.6. The van der Waals surface area contributed by atoms with Crippen LogP contribution in [0.3, 0.4) is 0 Å². The Morgan fingerprint density at radius 1 is 0.943 bits per heavy atom. The molecule has 0 radical (unpaired) electrons. The fraction of sp³-hybridized carbons (Fsp3) is 0.385. The molecule has 3 aromatic heterocycles. The van der Waals surface area contributed by atoms with Crippen molar-refractivity contribution in [3.63, 3.8) is 0 Å². The molecule has 0 spiro atoms. The lowest BCUT2D eigenvalue weighted by Gasteiger charge is -2.26. The Balaban J connectivity index is 1.36. The number of carbonyl (C=O) groups excluding carboxylic acids is 1. The number of nitrogens with zero attached hydrogens (tertiary/aromatic N) is 6. The van der Waals surface area contributed by atoms with E-state index in [1.54, 1.807) is 12.1 Å². The first-order valence-electron chi connectivity index (χ1n) is 12.2. The van der Waals surface area contributed by atoms with Crippen LogP contribution in [0.4, 0.5) is 5.82 Å². The van der Waals surface area contributed by atoms with Gasteiger partial charge in [-0.3, -0.25) is 4.79 Å². The summed E-state index contributed by atoms with van der Waals surface area (Å²) in [6.07, 6.45) is 6.07. The van der Waals surface area contributed by atoms with Crippen LogP contribution in [0.1, 0.15) is 41.6 Å². The highest BCUT2D eigenvalue weighted by Gasteiger charge is 2.27. The Hall–Kier alpha value is -3.72. The fourth-order valence-electron chi connectivity index (χ4n) is 4.94. The van der Waals surface area contributed by atoms with Crippen LogP contribution in [0.2, 0.25) is 0 Å². The number of furan rings is 1. The first-order chi connectivity index (χ1) is 17.3. The summed E-state index contributed by atoms with van der Waals surface area (Å²) < 4.78 is 12.8. The van der Waals surface area contributed by atoms with E-state index >= 15 is 0 Å². The molecular formula is C26H28N6O3. The lowest BCUT2D eigenvalue weighted by atomic mass is 9.99. The van der Waals surface area contributed by atoms with Crippen molar-refractivity contribution < 1.29 is 13.9 Å². The van der Waals surface area contributed by atoms with Crippen LogP contribution < -0.4 is 4.90 Å². The number of aromatic nitrogens is 4. The Labute approximate surface area is 203 Å². The lowest BCUT2D eigenvalue weighted by molar-refractivity contribution is 0.0735. The topological polar surface area (TPSA) is 89.5 Å². The Kier molecular flexibility index (Phi) is 5.91. The predicted molar refractivity (Wildman–Crippen MR) is 131 cm³/mol. The van der Waals surface area contributed by atoms with Gasteiger partial charge in [-0.15, -0.1) is 0 Å². The molecule has 0 N–H and O–H groups in total. The van der Waals surface area contributed by atoms with Crippen molar-refractivity contribution in [3.05, 3.63) is 66.5 Å². The van der Waals surface area contributed by atoms with E-state index in [0.717, 1.165) is 67.4 Å². The van der Waals surface area contributed by atoms with Crippen molar-refractivity contribution in [1.82, 2.24) is 24.6 Å². The molecule has 4 aromatic rings. The summed E-state index contributed by atoms with van der Waals surface area (Å²) in [5.74, 6) is 2.32. The van der Waals surface area contributed by atoms with E-state index in [-0.39, 0.29) is 11.8 Å². The first kappa shape index (κ1) is 21.8. The summed E-state index contributed by atoms with van der Waals surface area (Å²) in [6, 6.07) is 13.5. The van der Waals surface area contributed by atoms with Gasteiger partial charge in [-0.25, -0.2) is 14.6 Å². The summed E-state index contributed by atoms with van der Waals surface area (Å²) in [6.45, 7) is 4.23. The summed E-state index contributed by atoms with van der Waals surface area (Å²) in [5.41, 5.74) is 1.78. The second kappa shape index (κ2) is 9.50. The van der Waals surface area contributed by atoms with Crippen molar-refractivity contribution in [3.8, 4) is 5.69 Å². The molecule has 6 rings (SSSR count). The number of para-hydroxylation sites is 1. The largest absolute Gasteiger partial charge is 0.459 e. The van der Waals surface area contributed by atoms with Gasteiger partial charge in [-0.05, 0) is 43.5 Å². The van der Waals surface area contributed by atoms with Gasteiger partial charge in [0.05, 0.1) is 23.5 Å². The third-order valence-corrected chi connectivity index (χ3v) is 6.83. The standard InChI is InChI=1S/C26H28N6O3/c33-26(22-8-4-15-35-22)31-12-5-11-30(13-14-31)24-21-18-27-32(20-6-2-1-3-7-20)25(21)29-23(28-24)19-9-16-34-17-10-19/h1-4,6-8,15,18-19H,5,9-14,16-17H2. The average Bonchev–Trinajstić information content (AvgIpc) is 3.54. The van der Waals surface area contributed by atoms with Crippen LogP contribution in [0, 0.1) is 0 Å². The quantitative estimate of drug-likeness (QED) is 0.448. The van der Waals surface area contributed by atoms with E-state index in [1.807, 2.05) is 46.1 Å². The second-order valence-corrected chi connectivity index (χ2v) is 9.03. The maximum absolute atomic E-state index is 12.9. The molecule has 0 saturated carbocycles. The average molecular weight is 473 g/mol. The number of rotatable bonds is 4. The van der Waals surface area contributed by atoms with Gasteiger partial charge < -0.3 is 19.0 Å². The van der Waals surface area contributed by atoms with Crippen molar-refractivity contribution in [2.45, 2.75) is 25.2 Å². The van der Waals surface area contributed by atoms with Gasteiger partial charge in [0, 0.05) is 45.3 Å². The minimum Gasteiger partial charge on any atom is -0.459 e. The van der Waals surface area contributed by atoms with Gasteiger partial charge in [0.1, 0.15) is 11.6 Å². The summed E-state index contributed by atoms with van der Waals surface area (Å²) in [7, 11) is 0. The third kappa shape index (κ3) is 4.27. The molecule has 5 heterocycles. The van der Waals surface area contributed by atoms with E-state index in [1.165, 1.54) is 6.26 Å². The first-order valence-corrected chi connectivity index (χ1v) is 12.2. The van der Waals surface area contributed by atoms with Gasteiger partial charge >= 0.3 is 0 Å². The number of anilines is 1. The van der Waals surface area contributed by atoms with Crippen molar-refractivity contribution >= 4 is 22.8 Å². The van der Waals surface area contributed by atoms with Gasteiger partial charge in [0.2, 0.25) is 0 Å². The summed E-state index contributed by atoms with van der Waals surface area (Å²) >= 11 is 0. The number of hydrogen-bond donors (Lipinski definition) is 0. The number of hydrogen-bond acceptors (Lipinski definition) is 7. The van der Waals surface area contributed by atoms with Gasteiger partial charge in [-0.1, -0.05) is 18.2 Å². The Morgan fingerprint density at radius 3 is 2.60 bits per heavy atom. The number of ether oxygens (including phenoxy) is 1. The molecule has 0 atom stereocenters. The minimum absolute atomic E-state index is 0.0653. The molecule has 2 aliphatic heterocycles. The monoisotopic (exact) mass is 472 g/mol. The minimum atomic E-state index is -0.0653. The zero-order valence-corrected chi connectivity index (χ0v) is 19.5. The highest BCUT2D eigenvalue weighted by molar-refractivity contribution is 5.91. The zero-order chi connectivity index (χ0) is 23.6. The van der Waals surface area contributed by atoms with E-state index in [2.05, 4.69) is 4.90 Å². The molecule has 2 saturated heterocycles. The number of benzene rings is 1. The van der Waals surface area contributed by atoms with Crippen LogP contribution >= 0.6 is 0 Å². The molecule has 2 aliphatic rings. The maximum atomic E-state index is 12.9. The van der Waals surface area contributed by atoms with Crippen molar-refractivity contribution in [2.24, 2.45) is 0 Å². The van der Waals surface area contributed by atoms with Crippen LogP contribution in [-0.2, 0) is 4.74 Å². The van der Waals surface area contributed by atoms with Crippen molar-refractivity contribution in [1.29, 1.82) is 0 Å². The number of amides is 1. The van der Waals surface area contributed by atoms with Crippen LogP contribution in [-0.4, -0.2) is 69.9 Å². The van der Waals surface area contributed by atoms with E-state index in [9.17, 15) is 4.79 Å². The Bertz CT molecular complexity index is 1300. The molecule has 9 nitrogen and oxygen atoms in total. The highest BCUT2D eigenvalue weighted by atomic mass is 16.5. The number of carbonyl (C=O) groups is 1. The van der Waals surface area contributed by atoms with Gasteiger partial charge in [0.15, 0.2) is 11.4 Å². The Morgan fingerprint density at radius 2 is 1.80 bits per heavy atom. The lowest BCUT2D eigenvalue weighted by Crippen LogP contribution is -2.35. The molecular weight excluding hydrogens is 444 g/mol. The number of fused-ring (bicyclic) bond motifs is 1.